The molecule has 140 valence electrons. The molecule has 1 amide bonds. The molecule has 26 heavy (non-hydrogen) atoms. The second-order valence-corrected chi connectivity index (χ2v) is 7.21. The molecule has 2 heterocycles. The van der Waals surface area contributed by atoms with E-state index in [0.29, 0.717) is 13.0 Å². The summed E-state index contributed by atoms with van der Waals surface area (Å²) >= 11 is 0. The first kappa shape index (κ1) is 18.5. The van der Waals surface area contributed by atoms with E-state index in [-0.39, 0.29) is 11.9 Å². The van der Waals surface area contributed by atoms with Crippen LogP contribution in [0.5, 0.6) is 5.75 Å². The molecule has 1 fully saturated rings. The van der Waals surface area contributed by atoms with Gasteiger partial charge in [-0.1, -0.05) is 12.1 Å². The maximum absolute atomic E-state index is 13.0. The summed E-state index contributed by atoms with van der Waals surface area (Å²) in [4.78, 5) is 14.8. The van der Waals surface area contributed by atoms with Crippen molar-refractivity contribution in [1.82, 2.24) is 15.1 Å². The van der Waals surface area contributed by atoms with Gasteiger partial charge in [-0.05, 0) is 51.3 Å². The lowest BCUT2D eigenvalue weighted by Gasteiger charge is -2.37. The highest BCUT2D eigenvalue weighted by atomic mass is 16.5. The van der Waals surface area contributed by atoms with E-state index in [2.05, 4.69) is 10.2 Å². The van der Waals surface area contributed by atoms with Crippen LogP contribution in [0.1, 0.15) is 42.3 Å². The molecule has 6 nitrogen and oxygen atoms in total. The number of amides is 1. The standard InChI is InChI=1S/C20H27N3O3/c1-13-17(14(2)22-21-13)12-19(24)23-11-5-6-18(23)20(3,25)15-7-9-16(26-4)10-8-15/h7-10,18,25H,5-6,11-12H2,1-4H3,(H,21,22)/t18-,20-/m1/s1. The summed E-state index contributed by atoms with van der Waals surface area (Å²) in [6.07, 6.45) is 1.99. The second kappa shape index (κ2) is 7.11. The molecule has 1 saturated heterocycles. The summed E-state index contributed by atoms with van der Waals surface area (Å²) in [6.45, 7) is 6.30. The number of hydrogen-bond donors (Lipinski definition) is 2. The van der Waals surface area contributed by atoms with Crippen LogP contribution in [0.2, 0.25) is 0 Å². The summed E-state index contributed by atoms with van der Waals surface area (Å²) in [5.41, 5.74) is 2.41. The Morgan fingerprint density at radius 2 is 2.08 bits per heavy atom. The number of carbonyl (C=O) groups excluding carboxylic acids is 1. The van der Waals surface area contributed by atoms with Crippen LogP contribution < -0.4 is 4.74 Å². The predicted octanol–water partition coefficient (Wildman–Crippen LogP) is 2.48. The summed E-state index contributed by atoms with van der Waals surface area (Å²) in [7, 11) is 1.62. The number of hydrogen-bond acceptors (Lipinski definition) is 4. The quantitative estimate of drug-likeness (QED) is 0.862. The number of H-pyrrole nitrogens is 1. The van der Waals surface area contributed by atoms with E-state index in [9.17, 15) is 9.90 Å². The largest absolute Gasteiger partial charge is 0.497 e. The summed E-state index contributed by atoms with van der Waals surface area (Å²) in [5, 5.41) is 18.4. The molecule has 1 aliphatic heterocycles. The number of aliphatic hydroxyl groups is 1. The molecule has 0 saturated carbocycles. The lowest BCUT2D eigenvalue weighted by atomic mass is 9.86. The Bertz CT molecular complexity index is 761. The van der Waals surface area contributed by atoms with E-state index >= 15 is 0 Å². The van der Waals surface area contributed by atoms with E-state index in [4.69, 9.17) is 4.74 Å². The number of aryl methyl sites for hydroxylation is 2. The zero-order valence-corrected chi connectivity index (χ0v) is 15.9. The molecule has 3 rings (SSSR count). The third kappa shape index (κ3) is 3.33. The fourth-order valence-electron chi connectivity index (χ4n) is 3.86. The molecule has 6 heteroatoms. The van der Waals surface area contributed by atoms with Gasteiger partial charge in [-0.2, -0.15) is 5.10 Å². The molecule has 1 aliphatic rings. The number of nitrogens with one attached hydrogen (secondary N) is 1. The predicted molar refractivity (Wildman–Crippen MR) is 99.1 cm³/mol. The molecule has 2 atom stereocenters. The van der Waals surface area contributed by atoms with Crippen LogP contribution in [-0.4, -0.2) is 45.8 Å². The second-order valence-electron chi connectivity index (χ2n) is 7.21. The Morgan fingerprint density at radius 1 is 1.38 bits per heavy atom. The number of nitrogens with zero attached hydrogens (tertiary/aromatic N) is 2. The monoisotopic (exact) mass is 357 g/mol. The van der Waals surface area contributed by atoms with Gasteiger partial charge in [0.25, 0.3) is 0 Å². The van der Waals surface area contributed by atoms with Gasteiger partial charge in [0.15, 0.2) is 0 Å². The Hall–Kier alpha value is -2.34. The Kier molecular flexibility index (Phi) is 5.05. The van der Waals surface area contributed by atoms with Crippen molar-refractivity contribution < 1.29 is 14.6 Å². The molecule has 0 aliphatic carbocycles. The first-order chi connectivity index (χ1) is 12.3. The van der Waals surface area contributed by atoms with Gasteiger partial charge in [0.2, 0.25) is 5.91 Å². The van der Waals surface area contributed by atoms with E-state index in [1.165, 1.54) is 0 Å². The Labute approximate surface area is 154 Å². The van der Waals surface area contributed by atoms with Crippen molar-refractivity contribution in [3.63, 3.8) is 0 Å². The van der Waals surface area contributed by atoms with E-state index in [1.807, 2.05) is 43.0 Å². The molecule has 2 aromatic rings. The van der Waals surface area contributed by atoms with Crippen molar-refractivity contribution in [2.45, 2.75) is 51.7 Å². The smallest absolute Gasteiger partial charge is 0.227 e. The minimum Gasteiger partial charge on any atom is -0.497 e. The first-order valence-corrected chi connectivity index (χ1v) is 9.01. The highest BCUT2D eigenvalue weighted by molar-refractivity contribution is 5.80. The molecule has 1 aromatic carbocycles. The number of ether oxygens (including phenoxy) is 1. The first-order valence-electron chi connectivity index (χ1n) is 9.01. The molecule has 2 N–H and O–H groups in total. The van der Waals surface area contributed by atoms with Crippen molar-refractivity contribution in [3.05, 3.63) is 46.8 Å². The lowest BCUT2D eigenvalue weighted by molar-refractivity contribution is -0.137. The molecule has 0 radical (unpaired) electrons. The van der Waals surface area contributed by atoms with Crippen LogP contribution in [0.3, 0.4) is 0 Å². The lowest BCUT2D eigenvalue weighted by Crippen LogP contribution is -2.48. The van der Waals surface area contributed by atoms with Crippen molar-refractivity contribution in [1.29, 1.82) is 0 Å². The number of aromatic nitrogens is 2. The van der Waals surface area contributed by atoms with Gasteiger partial charge < -0.3 is 14.7 Å². The van der Waals surface area contributed by atoms with Gasteiger partial charge in [0.05, 0.1) is 25.3 Å². The maximum Gasteiger partial charge on any atom is 0.227 e. The summed E-state index contributed by atoms with van der Waals surface area (Å²) in [6, 6.07) is 7.16. The van der Waals surface area contributed by atoms with Crippen molar-refractivity contribution in [3.8, 4) is 5.75 Å². The van der Waals surface area contributed by atoms with Gasteiger partial charge in [-0.25, -0.2) is 0 Å². The van der Waals surface area contributed by atoms with Crippen LogP contribution >= 0.6 is 0 Å². The fourth-order valence-corrected chi connectivity index (χ4v) is 3.86. The van der Waals surface area contributed by atoms with Crippen LogP contribution in [0.25, 0.3) is 0 Å². The van der Waals surface area contributed by atoms with Gasteiger partial charge in [-0.3, -0.25) is 9.89 Å². The van der Waals surface area contributed by atoms with E-state index in [0.717, 1.165) is 41.1 Å². The van der Waals surface area contributed by atoms with Crippen LogP contribution in [0.15, 0.2) is 24.3 Å². The Morgan fingerprint density at radius 3 is 2.65 bits per heavy atom. The van der Waals surface area contributed by atoms with E-state index < -0.39 is 5.60 Å². The Balaban J connectivity index is 1.81. The summed E-state index contributed by atoms with van der Waals surface area (Å²) in [5.74, 6) is 0.781. The number of methoxy groups -OCH3 is 1. The number of carbonyl (C=O) groups is 1. The summed E-state index contributed by atoms with van der Waals surface area (Å²) < 4.78 is 5.19. The maximum atomic E-state index is 13.0. The zero-order chi connectivity index (χ0) is 18.9. The molecule has 0 bridgehead atoms. The third-order valence-electron chi connectivity index (χ3n) is 5.51. The molecular weight excluding hydrogens is 330 g/mol. The minimum atomic E-state index is -1.11. The SMILES string of the molecule is COc1ccc([C@@](C)(O)[C@H]2CCCN2C(=O)Cc2c(C)n[nH]c2C)cc1. The van der Waals surface area contributed by atoms with Crippen molar-refractivity contribution in [2.75, 3.05) is 13.7 Å². The highest BCUT2D eigenvalue weighted by Crippen LogP contribution is 2.35. The van der Waals surface area contributed by atoms with Gasteiger partial charge in [-0.15, -0.1) is 0 Å². The molecule has 1 aromatic heterocycles. The van der Waals surface area contributed by atoms with Crippen molar-refractivity contribution in [2.24, 2.45) is 0 Å². The van der Waals surface area contributed by atoms with E-state index in [1.54, 1.807) is 14.0 Å². The topological polar surface area (TPSA) is 78.5 Å². The van der Waals surface area contributed by atoms with Crippen LogP contribution in [-0.2, 0) is 16.8 Å². The highest BCUT2D eigenvalue weighted by Gasteiger charge is 2.42. The van der Waals surface area contributed by atoms with Crippen molar-refractivity contribution >= 4 is 5.91 Å². The van der Waals surface area contributed by atoms with Gasteiger partial charge >= 0.3 is 0 Å². The minimum absolute atomic E-state index is 0.0360. The number of aromatic amines is 1. The molecular formula is C20H27N3O3. The van der Waals surface area contributed by atoms with Crippen LogP contribution in [0, 0.1) is 13.8 Å². The number of benzene rings is 1. The number of likely N-dealkylation sites (tertiary alicyclic amines) is 1. The normalized spacial score (nSPS) is 19.4. The van der Waals surface area contributed by atoms with Gasteiger partial charge in [0.1, 0.15) is 11.4 Å². The average Bonchev–Trinajstić information content (AvgIpc) is 3.24. The zero-order valence-electron chi connectivity index (χ0n) is 15.9. The number of rotatable bonds is 5. The third-order valence-corrected chi connectivity index (χ3v) is 5.51. The molecule has 0 unspecified atom stereocenters. The van der Waals surface area contributed by atoms with Gasteiger partial charge in [0, 0.05) is 17.8 Å². The molecule has 0 spiro atoms. The average molecular weight is 357 g/mol. The fraction of sp³-hybridized carbons (Fsp3) is 0.500. The van der Waals surface area contributed by atoms with Crippen LogP contribution in [0.4, 0.5) is 0 Å².